The van der Waals surface area contributed by atoms with Crippen molar-refractivity contribution in [3.63, 3.8) is 0 Å². The first-order valence-corrected chi connectivity index (χ1v) is 4.52. The summed E-state index contributed by atoms with van der Waals surface area (Å²) in [6.45, 7) is 0. The smallest absolute Gasteiger partial charge is 0.339 e. The molecule has 0 saturated heterocycles. The lowest BCUT2D eigenvalue weighted by atomic mass is 10.0. The second kappa shape index (κ2) is 3.17. The molecule has 0 aliphatic heterocycles. The van der Waals surface area contributed by atoms with Crippen LogP contribution in [0.5, 0.6) is 0 Å². The van der Waals surface area contributed by atoms with Crippen molar-refractivity contribution in [2.24, 2.45) is 5.92 Å². The molecule has 0 aromatic carbocycles. The Balaban J connectivity index is 1.98. The lowest BCUT2D eigenvalue weighted by Gasteiger charge is -2.04. The Hall–Kier alpha value is -0.990. The van der Waals surface area contributed by atoms with Crippen LogP contribution in [-0.4, -0.2) is 5.16 Å². The highest BCUT2D eigenvalue weighted by molar-refractivity contribution is 4.97. The molecule has 1 saturated carbocycles. The number of rotatable bonds is 2. The van der Waals surface area contributed by atoms with Gasteiger partial charge in [0, 0.05) is 6.07 Å². The van der Waals surface area contributed by atoms with Crippen LogP contribution in [0.15, 0.2) is 15.4 Å². The van der Waals surface area contributed by atoms with E-state index in [1.54, 1.807) is 6.07 Å². The highest BCUT2D eigenvalue weighted by Crippen LogP contribution is 2.27. The van der Waals surface area contributed by atoms with Gasteiger partial charge >= 0.3 is 5.63 Å². The Morgan fingerprint density at radius 2 is 2.25 bits per heavy atom. The topological polar surface area (TPSA) is 46.0 Å². The van der Waals surface area contributed by atoms with Gasteiger partial charge in [-0.15, -0.1) is 0 Å². The molecule has 12 heavy (non-hydrogen) atoms. The normalized spacial score (nSPS) is 18.7. The minimum atomic E-state index is -0.261. The van der Waals surface area contributed by atoms with Crippen LogP contribution >= 0.6 is 0 Å². The van der Waals surface area contributed by atoms with Crippen molar-refractivity contribution < 1.29 is 4.52 Å². The maximum absolute atomic E-state index is 10.7. The third-order valence-corrected chi connectivity index (χ3v) is 2.56. The number of H-pyrrole nitrogens is 1. The van der Waals surface area contributed by atoms with Gasteiger partial charge in [0.2, 0.25) is 0 Å². The molecule has 0 spiro atoms. The van der Waals surface area contributed by atoms with Crippen molar-refractivity contribution in [2.75, 3.05) is 0 Å². The van der Waals surface area contributed by atoms with Gasteiger partial charge in [0.25, 0.3) is 0 Å². The fraction of sp³-hybridized carbons (Fsp3) is 0.667. The average molecular weight is 167 g/mol. The van der Waals surface area contributed by atoms with E-state index in [4.69, 9.17) is 0 Å². The molecule has 1 aliphatic carbocycles. The Bertz CT molecular complexity index is 293. The van der Waals surface area contributed by atoms with Crippen LogP contribution in [0.1, 0.15) is 31.4 Å². The van der Waals surface area contributed by atoms with E-state index in [0.29, 0.717) is 0 Å². The first-order valence-electron chi connectivity index (χ1n) is 4.52. The fourth-order valence-corrected chi connectivity index (χ4v) is 1.94. The summed E-state index contributed by atoms with van der Waals surface area (Å²) in [7, 11) is 0. The monoisotopic (exact) mass is 167 g/mol. The number of aromatic nitrogens is 1. The third-order valence-electron chi connectivity index (χ3n) is 2.56. The molecule has 0 unspecified atom stereocenters. The predicted molar refractivity (Wildman–Crippen MR) is 45.0 cm³/mol. The van der Waals surface area contributed by atoms with Crippen molar-refractivity contribution in [2.45, 2.75) is 32.1 Å². The van der Waals surface area contributed by atoms with E-state index in [2.05, 4.69) is 9.68 Å². The van der Waals surface area contributed by atoms with Gasteiger partial charge in [0.15, 0.2) is 0 Å². The van der Waals surface area contributed by atoms with Gasteiger partial charge in [-0.1, -0.05) is 25.7 Å². The molecule has 1 aromatic rings. The molecule has 1 heterocycles. The SMILES string of the molecule is O=c1cc(CC2CCCC2)[nH]o1. The lowest BCUT2D eigenvalue weighted by molar-refractivity contribution is 0.379. The van der Waals surface area contributed by atoms with Crippen LogP contribution in [0.4, 0.5) is 0 Å². The van der Waals surface area contributed by atoms with E-state index in [1.807, 2.05) is 0 Å². The number of nitrogens with one attached hydrogen (secondary N) is 1. The van der Waals surface area contributed by atoms with Crippen molar-refractivity contribution in [3.05, 3.63) is 22.2 Å². The van der Waals surface area contributed by atoms with Gasteiger partial charge in [-0.25, -0.2) is 9.95 Å². The van der Waals surface area contributed by atoms with Crippen LogP contribution in [-0.2, 0) is 6.42 Å². The highest BCUT2D eigenvalue weighted by Gasteiger charge is 2.16. The van der Waals surface area contributed by atoms with Crippen LogP contribution in [0, 0.1) is 5.92 Å². The van der Waals surface area contributed by atoms with Gasteiger partial charge in [-0.05, 0) is 12.3 Å². The molecule has 1 N–H and O–H groups in total. The maximum atomic E-state index is 10.7. The molecule has 0 atom stereocenters. The summed E-state index contributed by atoms with van der Waals surface area (Å²) in [5.41, 5.74) is 0.690. The zero-order valence-corrected chi connectivity index (χ0v) is 7.01. The molecule has 1 aliphatic rings. The quantitative estimate of drug-likeness (QED) is 0.728. The molecule has 3 heteroatoms. The Kier molecular flexibility index (Phi) is 2.02. The van der Waals surface area contributed by atoms with Gasteiger partial charge < -0.3 is 4.52 Å². The Morgan fingerprint density at radius 3 is 2.83 bits per heavy atom. The minimum absolute atomic E-state index is 0.261. The standard InChI is InChI=1S/C9H13NO2/c11-9-6-8(10-12-9)5-7-3-1-2-4-7/h6-7,10H,1-5H2. The van der Waals surface area contributed by atoms with E-state index in [1.165, 1.54) is 25.7 Å². The van der Waals surface area contributed by atoms with Crippen LogP contribution in [0.25, 0.3) is 0 Å². The summed E-state index contributed by atoms with van der Waals surface area (Å²) < 4.78 is 4.59. The summed E-state index contributed by atoms with van der Waals surface area (Å²) in [6.07, 6.45) is 6.26. The number of aromatic amines is 1. The van der Waals surface area contributed by atoms with E-state index >= 15 is 0 Å². The van der Waals surface area contributed by atoms with Gasteiger partial charge in [0.05, 0.1) is 5.69 Å². The summed E-state index contributed by atoms with van der Waals surface area (Å²) in [4.78, 5) is 10.7. The summed E-state index contributed by atoms with van der Waals surface area (Å²) in [6, 6.07) is 1.55. The summed E-state index contributed by atoms with van der Waals surface area (Å²) >= 11 is 0. The number of hydrogen-bond donors (Lipinski definition) is 1. The molecule has 0 radical (unpaired) electrons. The second-order valence-corrected chi connectivity index (χ2v) is 3.55. The van der Waals surface area contributed by atoms with Crippen LogP contribution < -0.4 is 5.63 Å². The van der Waals surface area contributed by atoms with Crippen molar-refractivity contribution in [1.29, 1.82) is 0 Å². The third kappa shape index (κ3) is 1.60. The van der Waals surface area contributed by atoms with E-state index in [9.17, 15) is 4.79 Å². The largest absolute Gasteiger partial charge is 0.357 e. The Morgan fingerprint density at radius 1 is 1.50 bits per heavy atom. The first kappa shape index (κ1) is 7.65. The summed E-state index contributed by atoms with van der Waals surface area (Å²) in [5, 5.41) is 2.64. The summed E-state index contributed by atoms with van der Waals surface area (Å²) in [5.74, 6) is 0.762. The lowest BCUT2D eigenvalue weighted by Crippen LogP contribution is -1.98. The van der Waals surface area contributed by atoms with Crippen LogP contribution in [0.3, 0.4) is 0 Å². The van der Waals surface area contributed by atoms with Crippen molar-refractivity contribution in [1.82, 2.24) is 5.16 Å². The van der Waals surface area contributed by atoms with Crippen molar-refractivity contribution in [3.8, 4) is 0 Å². The molecule has 1 aromatic heterocycles. The zero-order valence-electron chi connectivity index (χ0n) is 7.01. The fourth-order valence-electron chi connectivity index (χ4n) is 1.94. The predicted octanol–water partition coefficient (Wildman–Crippen LogP) is 1.70. The van der Waals surface area contributed by atoms with Crippen molar-refractivity contribution >= 4 is 0 Å². The molecule has 3 nitrogen and oxygen atoms in total. The van der Waals surface area contributed by atoms with Gasteiger partial charge in [-0.3, -0.25) is 0 Å². The second-order valence-electron chi connectivity index (χ2n) is 3.55. The van der Waals surface area contributed by atoms with E-state index in [-0.39, 0.29) is 5.63 Å². The average Bonchev–Trinajstić information content (AvgIpc) is 2.63. The molecule has 1 fully saturated rings. The minimum Gasteiger partial charge on any atom is -0.339 e. The number of hydrogen-bond acceptors (Lipinski definition) is 2. The molecular weight excluding hydrogens is 154 g/mol. The molecule has 2 rings (SSSR count). The zero-order chi connectivity index (χ0) is 8.39. The van der Waals surface area contributed by atoms with E-state index < -0.39 is 0 Å². The Labute approximate surface area is 70.7 Å². The first-order chi connectivity index (χ1) is 5.84. The molecule has 0 amide bonds. The highest BCUT2D eigenvalue weighted by atomic mass is 16.5. The van der Waals surface area contributed by atoms with Gasteiger partial charge in [-0.2, -0.15) is 0 Å². The maximum Gasteiger partial charge on any atom is 0.357 e. The van der Waals surface area contributed by atoms with Crippen LogP contribution in [0.2, 0.25) is 0 Å². The van der Waals surface area contributed by atoms with Gasteiger partial charge in [0.1, 0.15) is 0 Å². The molecule has 0 bridgehead atoms. The van der Waals surface area contributed by atoms with E-state index in [0.717, 1.165) is 18.0 Å². The molecule has 66 valence electrons. The molecular formula is C9H13NO2.